The number of furan rings is 1. The summed E-state index contributed by atoms with van der Waals surface area (Å²) in [6.07, 6.45) is 3.05. The fraction of sp³-hybridized carbons (Fsp3) is 0. The highest BCUT2D eigenvalue weighted by Gasteiger charge is 1.99. The standard InChI is InChI=1S/C12H10N4O2/c1-3-8-4-5-9(18-8)7-14-10-6-11(17)16-12(13-2)15-10/h3-7H,1-2H2,(H,15,16,17). The molecule has 6 nitrogen and oxygen atoms in total. The summed E-state index contributed by atoms with van der Waals surface area (Å²) in [4.78, 5) is 25.1. The van der Waals surface area contributed by atoms with Crippen molar-refractivity contribution in [1.82, 2.24) is 9.97 Å². The van der Waals surface area contributed by atoms with Crippen molar-refractivity contribution < 1.29 is 4.42 Å². The maximum Gasteiger partial charge on any atom is 0.254 e. The zero-order chi connectivity index (χ0) is 13.0. The Labute approximate surface area is 102 Å². The first kappa shape index (κ1) is 11.7. The molecule has 2 aromatic rings. The fourth-order valence-corrected chi connectivity index (χ4v) is 1.25. The second-order valence-corrected chi connectivity index (χ2v) is 3.29. The monoisotopic (exact) mass is 242 g/mol. The van der Waals surface area contributed by atoms with Crippen LogP contribution in [0, 0.1) is 0 Å². The minimum absolute atomic E-state index is 0.126. The van der Waals surface area contributed by atoms with Crippen molar-refractivity contribution in [1.29, 1.82) is 0 Å². The van der Waals surface area contributed by atoms with Crippen molar-refractivity contribution in [2.24, 2.45) is 9.98 Å². The molecule has 0 amide bonds. The SMILES string of the molecule is C=Cc1ccc(C=Nc2cc(=O)[nH]c(N=C)n2)o1. The van der Waals surface area contributed by atoms with Crippen LogP contribution in [-0.4, -0.2) is 22.9 Å². The Kier molecular flexibility index (Phi) is 3.29. The van der Waals surface area contributed by atoms with Gasteiger partial charge in [-0.25, -0.2) is 9.98 Å². The summed E-state index contributed by atoms with van der Waals surface area (Å²) in [6.45, 7) is 6.86. The van der Waals surface area contributed by atoms with E-state index in [4.69, 9.17) is 4.42 Å². The molecule has 0 aliphatic heterocycles. The Bertz CT molecular complexity index is 667. The van der Waals surface area contributed by atoms with Gasteiger partial charge in [-0.05, 0) is 24.9 Å². The second-order valence-electron chi connectivity index (χ2n) is 3.29. The largest absolute Gasteiger partial charge is 0.456 e. The highest BCUT2D eigenvalue weighted by Crippen LogP contribution is 2.10. The Morgan fingerprint density at radius 1 is 1.39 bits per heavy atom. The zero-order valence-electron chi connectivity index (χ0n) is 9.46. The number of hydrogen-bond acceptors (Lipinski definition) is 5. The van der Waals surface area contributed by atoms with Crippen LogP contribution in [0.1, 0.15) is 11.5 Å². The first-order valence-electron chi connectivity index (χ1n) is 5.05. The van der Waals surface area contributed by atoms with Gasteiger partial charge in [-0.2, -0.15) is 4.98 Å². The summed E-state index contributed by atoms with van der Waals surface area (Å²) in [7, 11) is 0. The van der Waals surface area contributed by atoms with Crippen LogP contribution in [0.25, 0.3) is 6.08 Å². The summed E-state index contributed by atoms with van der Waals surface area (Å²) in [6, 6.07) is 4.75. The van der Waals surface area contributed by atoms with Gasteiger partial charge in [0.05, 0.1) is 6.21 Å². The summed E-state index contributed by atoms with van der Waals surface area (Å²) < 4.78 is 5.32. The van der Waals surface area contributed by atoms with E-state index < -0.39 is 0 Å². The molecule has 0 saturated carbocycles. The summed E-state index contributed by atoms with van der Waals surface area (Å²) >= 11 is 0. The lowest BCUT2D eigenvalue weighted by molar-refractivity contribution is 0.550. The van der Waals surface area contributed by atoms with E-state index in [2.05, 4.69) is 33.2 Å². The second kappa shape index (κ2) is 5.05. The zero-order valence-corrected chi connectivity index (χ0v) is 9.46. The molecule has 0 saturated heterocycles. The Morgan fingerprint density at radius 3 is 2.83 bits per heavy atom. The van der Waals surface area contributed by atoms with Crippen LogP contribution in [0.3, 0.4) is 0 Å². The molecule has 0 radical (unpaired) electrons. The van der Waals surface area contributed by atoms with E-state index in [0.717, 1.165) is 0 Å². The molecular weight excluding hydrogens is 232 g/mol. The van der Waals surface area contributed by atoms with Crippen molar-refractivity contribution >= 4 is 30.8 Å². The van der Waals surface area contributed by atoms with Crippen LogP contribution >= 0.6 is 0 Å². The third kappa shape index (κ3) is 2.67. The normalized spacial score (nSPS) is 10.7. The number of hydrogen-bond donors (Lipinski definition) is 1. The predicted octanol–water partition coefficient (Wildman–Crippen LogP) is 2.09. The van der Waals surface area contributed by atoms with Crippen molar-refractivity contribution in [2.75, 3.05) is 0 Å². The lowest BCUT2D eigenvalue weighted by atomic mass is 10.4. The molecule has 2 rings (SSSR count). The van der Waals surface area contributed by atoms with Crippen LogP contribution in [-0.2, 0) is 0 Å². The van der Waals surface area contributed by atoms with E-state index in [1.807, 2.05) is 0 Å². The molecule has 0 atom stereocenters. The van der Waals surface area contributed by atoms with E-state index in [0.29, 0.717) is 11.5 Å². The van der Waals surface area contributed by atoms with Crippen molar-refractivity contribution in [3.8, 4) is 0 Å². The molecule has 0 bridgehead atoms. The third-order valence-electron chi connectivity index (χ3n) is 2.04. The minimum Gasteiger partial charge on any atom is -0.456 e. The molecule has 90 valence electrons. The van der Waals surface area contributed by atoms with Crippen LogP contribution in [0.2, 0.25) is 0 Å². The smallest absolute Gasteiger partial charge is 0.254 e. The molecule has 0 unspecified atom stereocenters. The lowest BCUT2D eigenvalue weighted by Crippen LogP contribution is -2.03. The molecule has 2 aromatic heterocycles. The average molecular weight is 242 g/mol. The molecule has 18 heavy (non-hydrogen) atoms. The van der Waals surface area contributed by atoms with E-state index in [9.17, 15) is 4.79 Å². The van der Waals surface area contributed by atoms with Gasteiger partial charge in [-0.1, -0.05) is 6.58 Å². The van der Waals surface area contributed by atoms with Crippen LogP contribution in [0.4, 0.5) is 11.8 Å². The van der Waals surface area contributed by atoms with Gasteiger partial charge in [0.25, 0.3) is 5.56 Å². The van der Waals surface area contributed by atoms with E-state index >= 15 is 0 Å². The first-order valence-corrected chi connectivity index (χ1v) is 5.05. The highest BCUT2D eigenvalue weighted by atomic mass is 16.3. The van der Waals surface area contributed by atoms with Crippen molar-refractivity contribution in [2.45, 2.75) is 0 Å². The van der Waals surface area contributed by atoms with Gasteiger partial charge in [-0.3, -0.25) is 9.78 Å². The maximum absolute atomic E-state index is 11.2. The van der Waals surface area contributed by atoms with Gasteiger partial charge < -0.3 is 4.42 Å². The van der Waals surface area contributed by atoms with Crippen LogP contribution in [0.15, 0.2) is 44.0 Å². The molecule has 1 N–H and O–H groups in total. The molecule has 0 aromatic carbocycles. The fourth-order valence-electron chi connectivity index (χ4n) is 1.25. The highest BCUT2D eigenvalue weighted by molar-refractivity contribution is 5.78. The number of nitrogens with zero attached hydrogens (tertiary/aromatic N) is 3. The third-order valence-corrected chi connectivity index (χ3v) is 2.04. The lowest BCUT2D eigenvalue weighted by Gasteiger charge is -1.93. The molecule has 0 fully saturated rings. The van der Waals surface area contributed by atoms with Crippen LogP contribution in [0.5, 0.6) is 0 Å². The Balaban J connectivity index is 2.27. The average Bonchev–Trinajstić information content (AvgIpc) is 2.83. The molecular formula is C12H10N4O2. The summed E-state index contributed by atoms with van der Waals surface area (Å²) in [5.41, 5.74) is -0.342. The molecule has 2 heterocycles. The van der Waals surface area contributed by atoms with E-state index in [1.165, 1.54) is 12.3 Å². The van der Waals surface area contributed by atoms with Crippen molar-refractivity contribution in [3.05, 3.63) is 46.7 Å². The quantitative estimate of drug-likeness (QED) is 0.833. The number of aliphatic imine (C=N–C) groups is 2. The number of nitrogens with one attached hydrogen (secondary N) is 1. The van der Waals surface area contributed by atoms with Crippen LogP contribution < -0.4 is 5.56 Å². The van der Waals surface area contributed by atoms with Gasteiger partial charge in [0.1, 0.15) is 11.5 Å². The van der Waals surface area contributed by atoms with Gasteiger partial charge in [0.15, 0.2) is 5.82 Å². The summed E-state index contributed by atoms with van der Waals surface area (Å²) in [5.74, 6) is 1.54. The van der Waals surface area contributed by atoms with Gasteiger partial charge >= 0.3 is 0 Å². The molecule has 0 aliphatic carbocycles. The topological polar surface area (TPSA) is 83.6 Å². The number of aromatic amines is 1. The Morgan fingerprint density at radius 2 is 2.17 bits per heavy atom. The predicted molar refractivity (Wildman–Crippen MR) is 70.1 cm³/mol. The van der Waals surface area contributed by atoms with Gasteiger partial charge in [0, 0.05) is 6.07 Å². The van der Waals surface area contributed by atoms with E-state index in [-0.39, 0.29) is 17.3 Å². The maximum atomic E-state index is 11.2. The Hall–Kier alpha value is -2.76. The number of rotatable bonds is 4. The molecule has 0 spiro atoms. The molecule has 0 aliphatic rings. The number of aromatic nitrogens is 2. The number of H-pyrrole nitrogens is 1. The van der Waals surface area contributed by atoms with Gasteiger partial charge in [-0.15, -0.1) is 0 Å². The first-order chi connectivity index (χ1) is 8.71. The van der Waals surface area contributed by atoms with E-state index in [1.54, 1.807) is 18.2 Å². The van der Waals surface area contributed by atoms with Gasteiger partial charge in [0.2, 0.25) is 5.95 Å². The molecule has 6 heteroatoms. The van der Waals surface area contributed by atoms with Crippen molar-refractivity contribution in [3.63, 3.8) is 0 Å². The minimum atomic E-state index is -0.342. The summed E-state index contributed by atoms with van der Waals surface area (Å²) in [5, 5.41) is 0.